The molecule has 2 aliphatic carbocycles. The van der Waals surface area contributed by atoms with Gasteiger partial charge in [0.25, 0.3) is 11.8 Å². The number of hydrogen-bond acceptors (Lipinski definition) is 15. The molecular weight excluding hydrogens is 1010 g/mol. The van der Waals surface area contributed by atoms with Gasteiger partial charge in [0, 0.05) is 107 Å². The molecule has 1 aromatic carbocycles. The van der Waals surface area contributed by atoms with Gasteiger partial charge in [-0.3, -0.25) is 29.3 Å². The predicted octanol–water partition coefficient (Wildman–Crippen LogP) is 7.51. The topological polar surface area (TPSA) is 171 Å². The molecule has 4 aromatic rings. The number of nitrogens with zero attached hydrogens (tertiary/aromatic N) is 6. The van der Waals surface area contributed by atoms with Gasteiger partial charge in [-0.15, -0.1) is 11.3 Å². The number of cyclic esters (lactones) is 1. The first-order chi connectivity index (χ1) is 38.9. The lowest BCUT2D eigenvalue weighted by Crippen LogP contribution is -2.70. The van der Waals surface area contributed by atoms with Crippen molar-refractivity contribution in [1.29, 1.82) is 0 Å². The zero-order valence-electron chi connectivity index (χ0n) is 49.1. The molecule has 0 unspecified atom stereocenters. The lowest BCUT2D eigenvalue weighted by atomic mass is 9.61. The van der Waals surface area contributed by atoms with E-state index < -0.39 is 65.3 Å². The number of likely N-dealkylation sites (tertiary alicyclic amines) is 2. The number of amides is 2. The highest BCUT2D eigenvalue weighted by Crippen LogP contribution is 2.61. The van der Waals surface area contributed by atoms with E-state index in [0.29, 0.717) is 82.9 Å². The fraction of sp³-hybridized carbons (Fsp3) is 0.683. The second-order valence-electron chi connectivity index (χ2n) is 25.4. The Morgan fingerprint density at radius 2 is 1.79 bits per heavy atom. The number of pyridine rings is 1. The van der Waals surface area contributed by atoms with Crippen LogP contribution in [-0.2, 0) is 55.8 Å². The van der Waals surface area contributed by atoms with E-state index >= 15 is 4.79 Å². The molecule has 8 aliphatic heterocycles. The molecule has 17 nitrogen and oxygen atoms in total. The molecule has 2 saturated carbocycles. The smallest absolute Gasteiger partial charge is 0.324 e. The van der Waals surface area contributed by atoms with Gasteiger partial charge in [-0.1, -0.05) is 26.8 Å². The number of ether oxygens (including phenoxy) is 6. The fourth-order valence-electron chi connectivity index (χ4n) is 14.2. The van der Waals surface area contributed by atoms with Crippen LogP contribution >= 0.6 is 11.3 Å². The largest absolute Gasteiger partial charge is 0.464 e. The Bertz CT molecular complexity index is 3040. The van der Waals surface area contributed by atoms with Crippen molar-refractivity contribution in [2.75, 3.05) is 79.5 Å². The van der Waals surface area contributed by atoms with Crippen LogP contribution in [0.5, 0.6) is 0 Å². The summed E-state index contributed by atoms with van der Waals surface area (Å²) in [7, 11) is 1.74. The van der Waals surface area contributed by atoms with Crippen molar-refractivity contribution >= 4 is 40.0 Å². The number of thiazole rings is 1. The maximum atomic E-state index is 15.5. The molecule has 420 valence electrons. The van der Waals surface area contributed by atoms with Gasteiger partial charge in [0.15, 0.2) is 0 Å². The number of methoxy groups -OCH3 is 1. The van der Waals surface area contributed by atoms with Crippen LogP contribution in [0.15, 0.2) is 35.8 Å². The Morgan fingerprint density at radius 3 is 2.51 bits per heavy atom. The summed E-state index contributed by atoms with van der Waals surface area (Å²) in [6.07, 6.45) is 9.20. The molecule has 2 amide bonds. The van der Waals surface area contributed by atoms with Gasteiger partial charge < -0.3 is 43.2 Å². The summed E-state index contributed by atoms with van der Waals surface area (Å²) >= 11 is 1.45. The second-order valence-corrected chi connectivity index (χ2v) is 26.3. The first kappa shape index (κ1) is 49.4. The Labute approximate surface area is 466 Å². The third kappa shape index (κ3) is 9.73. The third-order valence-corrected chi connectivity index (χ3v) is 19.9. The molecule has 14 rings (SSSR count). The number of hydrazine groups is 1. The van der Waals surface area contributed by atoms with Gasteiger partial charge in [0.2, 0.25) is 0 Å². The quantitative estimate of drug-likeness (QED) is 0.134. The minimum absolute atomic E-state index is 0.0259. The van der Waals surface area contributed by atoms with Crippen molar-refractivity contribution in [1.82, 2.24) is 40.1 Å². The number of aromatic nitrogens is 3. The minimum atomic E-state index is -2.33. The molecule has 3 aromatic heterocycles. The van der Waals surface area contributed by atoms with Gasteiger partial charge in [0.05, 0.1) is 67.9 Å². The van der Waals surface area contributed by atoms with E-state index in [9.17, 15) is 9.59 Å². The average Bonchev–Trinajstić information content (AvgIpc) is 1.97. The number of benzene rings is 1. The molecule has 7 saturated heterocycles. The Balaban J connectivity index is 0.942. The van der Waals surface area contributed by atoms with Gasteiger partial charge in [-0.25, -0.2) is 10.4 Å². The Morgan fingerprint density at radius 1 is 1.00 bits per heavy atom. The molecule has 10 aliphatic rings. The average molecular weight is 1090 g/mol. The molecule has 5 atom stereocenters. The maximum Gasteiger partial charge on any atom is 0.324 e. The molecule has 11 heterocycles. The number of rotatable bonds is 12. The van der Waals surface area contributed by atoms with Gasteiger partial charge >= 0.3 is 5.97 Å². The number of carbonyl (C=O) groups is 3. The fourth-order valence-corrected chi connectivity index (χ4v) is 15.2. The van der Waals surface area contributed by atoms with E-state index in [0.717, 1.165) is 89.5 Å². The van der Waals surface area contributed by atoms with E-state index in [2.05, 4.69) is 76.3 Å². The molecule has 1 spiro atoms. The number of carbonyl (C=O) groups excluding carboxylic acids is 3. The molecular formula is C60H80N8O9S. The number of hydrogen-bond donors (Lipinski definition) is 2. The van der Waals surface area contributed by atoms with Crippen molar-refractivity contribution in [2.45, 2.75) is 166 Å². The van der Waals surface area contributed by atoms with Crippen LogP contribution < -0.4 is 10.7 Å². The first-order valence-electron chi connectivity index (χ1n) is 30.5. The predicted molar refractivity (Wildman–Crippen MR) is 294 cm³/mol. The summed E-state index contributed by atoms with van der Waals surface area (Å²) in [4.78, 5) is 60.5. The Kier molecular flexibility index (Phi) is 13.0. The van der Waals surface area contributed by atoms with E-state index in [4.69, 9.17) is 42.5 Å². The highest BCUT2D eigenvalue weighted by Gasteiger charge is 2.68. The van der Waals surface area contributed by atoms with Crippen LogP contribution in [0.1, 0.15) is 143 Å². The minimum Gasteiger partial charge on any atom is -0.464 e. The highest BCUT2D eigenvalue weighted by molar-refractivity contribution is 7.10. The first-order valence-corrected chi connectivity index (χ1v) is 29.9. The van der Waals surface area contributed by atoms with E-state index in [1.807, 2.05) is 5.38 Å². The second kappa shape index (κ2) is 20.6. The maximum absolute atomic E-state index is 15.5. The molecule has 2 N–H and O–H groups in total. The summed E-state index contributed by atoms with van der Waals surface area (Å²) in [6, 6.07) is 6.94. The molecule has 18 heteroatoms. The van der Waals surface area contributed by atoms with Crippen molar-refractivity contribution in [3.05, 3.63) is 57.7 Å². The van der Waals surface area contributed by atoms with Crippen molar-refractivity contribution in [2.24, 2.45) is 16.2 Å². The number of nitrogens with one attached hydrogen (secondary N) is 2. The Hall–Kier alpha value is -4.37. The van der Waals surface area contributed by atoms with E-state index in [1.54, 1.807) is 14.0 Å². The number of piperidine rings is 1. The zero-order valence-corrected chi connectivity index (χ0v) is 46.9. The third-order valence-electron chi connectivity index (χ3n) is 19.0. The molecule has 9 fully saturated rings. The SMILES string of the molecule is [2H]C([2H])([2H])C12CC(C(=O)N[C@@H]3C(=O)N4CCC[C@H](N4)C(=O)OCC(C)(C)Cc4c(-c5cc(C6CCN(C7CC7)CC6)cnc5[C@H](C)OC)n(CCOC5CCOCC5)c5ccc(cc45)-c4csc(n4)[C@H]3N3CC4(COC4)C3)(C1)O[C@@H]2C. The van der Waals surface area contributed by atoms with Crippen LogP contribution in [0.3, 0.4) is 0 Å². The zero-order chi connectivity index (χ0) is 56.2. The summed E-state index contributed by atoms with van der Waals surface area (Å²) in [6.45, 7) is 13.2. The summed E-state index contributed by atoms with van der Waals surface area (Å²) in [5.74, 6) is -1.05. The van der Waals surface area contributed by atoms with Crippen LogP contribution in [0.25, 0.3) is 33.4 Å². The van der Waals surface area contributed by atoms with Gasteiger partial charge in [0.1, 0.15) is 22.7 Å². The van der Waals surface area contributed by atoms with E-state index in [1.165, 1.54) is 34.8 Å². The standard InChI is InChI=1S/C60H80N8O9S/c1-36(72-6)49-44(25-40(27-61-49)38-13-18-65(19-14-38)41-10-11-41)51-45-26-57(3,4)33-76-55(70)46-8-7-17-68(64-46)54(69)50(63-56(71)60-29-58(5,30-60)37(2)77-60)52(66-31-59(32-66)34-74-35-59)53-62-47(28-78-53)39-9-12-48(43(45)24-39)67(51)20-23-75-42-15-21-73-22-16-42/h9,12,24-25,27-28,36-38,41-42,46,50,52,64H,7-8,10-11,13-23,26,29-35H2,1-6H3,(H,63,71)/t36-,37+,46-,50-,52-,58?,60?/m0/s1/i5D3. The summed E-state index contributed by atoms with van der Waals surface area (Å²) < 4.78 is 64.6. The normalized spacial score (nSPS) is 31.8. The van der Waals surface area contributed by atoms with Crippen molar-refractivity contribution in [3.63, 3.8) is 0 Å². The van der Waals surface area contributed by atoms with Crippen LogP contribution in [0, 0.1) is 16.2 Å². The summed E-state index contributed by atoms with van der Waals surface area (Å²) in [5, 5.41) is 8.38. The monoisotopic (exact) mass is 1090 g/mol. The van der Waals surface area contributed by atoms with Crippen molar-refractivity contribution < 1.29 is 46.9 Å². The summed E-state index contributed by atoms with van der Waals surface area (Å²) in [5.41, 5.74) is 7.96. The highest BCUT2D eigenvalue weighted by atomic mass is 32.1. The molecule has 0 radical (unpaired) electrons. The van der Waals surface area contributed by atoms with E-state index in [-0.39, 0.29) is 43.6 Å². The van der Waals surface area contributed by atoms with Crippen LogP contribution in [0.2, 0.25) is 0 Å². The molecule has 78 heavy (non-hydrogen) atoms. The van der Waals surface area contributed by atoms with Crippen LogP contribution in [-0.4, -0.2) is 163 Å². The lowest BCUT2D eigenvalue weighted by Gasteiger charge is -2.58. The lowest BCUT2D eigenvalue weighted by molar-refractivity contribution is -0.203. The number of esters is 1. The molecule has 8 bridgehead atoms. The number of fused-ring (bicyclic) bond motifs is 7. The van der Waals surface area contributed by atoms with Gasteiger partial charge in [-0.05, 0) is 133 Å². The van der Waals surface area contributed by atoms with Crippen LogP contribution in [0.4, 0.5) is 0 Å². The van der Waals surface area contributed by atoms with Crippen molar-refractivity contribution in [3.8, 4) is 22.5 Å². The van der Waals surface area contributed by atoms with Gasteiger partial charge in [-0.2, -0.15) is 0 Å².